The maximum Gasteiger partial charge on any atom is 0.233 e. The van der Waals surface area contributed by atoms with E-state index in [0.29, 0.717) is 54.0 Å². The number of phenols is 1. The molecule has 7 nitrogen and oxygen atoms in total. The summed E-state index contributed by atoms with van der Waals surface area (Å²) in [5, 5.41) is 11.3. The van der Waals surface area contributed by atoms with E-state index in [1.54, 1.807) is 19.1 Å². The third-order valence-electron chi connectivity index (χ3n) is 8.66. The average molecular weight is 538 g/mol. The summed E-state index contributed by atoms with van der Waals surface area (Å²) in [5.41, 5.74) is 3.38. The van der Waals surface area contributed by atoms with Gasteiger partial charge in [0.2, 0.25) is 11.8 Å². The van der Waals surface area contributed by atoms with Gasteiger partial charge >= 0.3 is 0 Å². The van der Waals surface area contributed by atoms with Crippen molar-refractivity contribution in [2.75, 3.05) is 6.54 Å². The number of carbonyl (C=O) groups is 4. The van der Waals surface area contributed by atoms with Crippen molar-refractivity contribution in [3.8, 4) is 11.5 Å². The van der Waals surface area contributed by atoms with E-state index in [-0.39, 0.29) is 35.6 Å². The van der Waals surface area contributed by atoms with Gasteiger partial charge in [0.15, 0.2) is 11.6 Å². The average Bonchev–Trinajstić information content (AvgIpc) is 3.20. The van der Waals surface area contributed by atoms with Crippen LogP contribution in [-0.2, 0) is 25.8 Å². The number of likely N-dealkylation sites (tertiary alicyclic amines) is 1. The number of hydrogen-bond acceptors (Lipinski definition) is 6. The van der Waals surface area contributed by atoms with Crippen molar-refractivity contribution in [3.05, 3.63) is 94.1 Å². The molecule has 6 rings (SSSR count). The Morgan fingerprint density at radius 2 is 1.77 bits per heavy atom. The molecule has 0 saturated carbocycles. The lowest BCUT2D eigenvalue weighted by molar-refractivity contribution is -0.140. The number of aromatic hydroxyl groups is 1. The summed E-state index contributed by atoms with van der Waals surface area (Å²) >= 11 is 0. The number of phenolic OH excluding ortho intramolecular Hbond substituents is 1. The summed E-state index contributed by atoms with van der Waals surface area (Å²) in [6.07, 6.45) is 4.61. The first kappa shape index (κ1) is 26.0. The van der Waals surface area contributed by atoms with Gasteiger partial charge in [-0.25, -0.2) is 0 Å². The minimum Gasteiger partial charge on any atom is -0.507 e. The Bertz CT molecular complexity index is 1530. The molecule has 1 aliphatic heterocycles. The van der Waals surface area contributed by atoms with Gasteiger partial charge in [-0.15, -0.1) is 0 Å². The fourth-order valence-corrected chi connectivity index (χ4v) is 6.82. The van der Waals surface area contributed by atoms with Crippen LogP contribution in [0.1, 0.15) is 50.2 Å². The topological polar surface area (TPSA) is 101 Å². The summed E-state index contributed by atoms with van der Waals surface area (Å²) in [7, 11) is 0. The number of amides is 2. The lowest BCUT2D eigenvalue weighted by Gasteiger charge is -2.42. The molecule has 4 atom stereocenters. The zero-order valence-corrected chi connectivity index (χ0v) is 22.6. The summed E-state index contributed by atoms with van der Waals surface area (Å²) in [6, 6.07) is 14.7. The number of allylic oxidation sites excluding steroid dienone is 6. The first-order valence-electron chi connectivity index (χ1n) is 13.8. The highest BCUT2D eigenvalue weighted by atomic mass is 16.5. The predicted octanol–water partition coefficient (Wildman–Crippen LogP) is 4.81. The first-order valence-corrected chi connectivity index (χ1v) is 13.8. The van der Waals surface area contributed by atoms with Crippen LogP contribution in [0.15, 0.2) is 83.0 Å². The van der Waals surface area contributed by atoms with Crippen LogP contribution in [0.25, 0.3) is 0 Å². The van der Waals surface area contributed by atoms with Crippen molar-refractivity contribution >= 4 is 23.4 Å². The van der Waals surface area contributed by atoms with Gasteiger partial charge in [-0.2, -0.15) is 0 Å². The molecular formula is C33H31NO6. The molecule has 1 saturated heterocycles. The SMILES string of the molecule is CCCN1C(=O)[C@H]2[C@H](CC=C3[C@H](c4ccc(OCc5ccccc5)cc4O)C4=C(C[C@H]32)C(=O)C=C(C)C4=O)C1=O. The van der Waals surface area contributed by atoms with Crippen LogP contribution in [0, 0.1) is 17.8 Å². The zero-order chi connectivity index (χ0) is 28.1. The number of imide groups is 1. The van der Waals surface area contributed by atoms with Crippen LogP contribution in [0.3, 0.4) is 0 Å². The lowest BCUT2D eigenvalue weighted by atomic mass is 9.59. The molecule has 0 bridgehead atoms. The van der Waals surface area contributed by atoms with Gasteiger partial charge in [-0.05, 0) is 49.8 Å². The number of ether oxygens (including phenoxy) is 1. The molecule has 0 unspecified atom stereocenters. The largest absolute Gasteiger partial charge is 0.507 e. The Morgan fingerprint density at radius 1 is 1.00 bits per heavy atom. The summed E-state index contributed by atoms with van der Waals surface area (Å²) in [6.45, 7) is 4.25. The third-order valence-corrected chi connectivity index (χ3v) is 8.66. The lowest BCUT2D eigenvalue weighted by Crippen LogP contribution is -2.39. The van der Waals surface area contributed by atoms with Gasteiger partial charge in [0.25, 0.3) is 0 Å². The molecule has 1 fully saturated rings. The van der Waals surface area contributed by atoms with E-state index in [0.717, 1.165) is 11.1 Å². The smallest absolute Gasteiger partial charge is 0.233 e. The van der Waals surface area contributed by atoms with E-state index in [1.807, 2.05) is 43.3 Å². The summed E-state index contributed by atoms with van der Waals surface area (Å²) in [5.74, 6) is -2.57. The van der Waals surface area contributed by atoms with Crippen LogP contribution in [-0.4, -0.2) is 39.9 Å². The van der Waals surface area contributed by atoms with E-state index >= 15 is 0 Å². The number of ketones is 2. The van der Waals surface area contributed by atoms with Crippen molar-refractivity contribution < 1.29 is 29.0 Å². The fraction of sp³-hybridized carbons (Fsp3) is 0.333. The molecular weight excluding hydrogens is 506 g/mol. The van der Waals surface area contributed by atoms with Crippen LogP contribution in [0.2, 0.25) is 0 Å². The molecule has 3 aliphatic carbocycles. The van der Waals surface area contributed by atoms with Gasteiger partial charge in [-0.3, -0.25) is 24.1 Å². The van der Waals surface area contributed by atoms with Gasteiger partial charge in [-0.1, -0.05) is 55.0 Å². The van der Waals surface area contributed by atoms with E-state index in [4.69, 9.17) is 4.74 Å². The number of fused-ring (bicyclic) bond motifs is 3. The maximum atomic E-state index is 13.5. The Labute approximate surface area is 232 Å². The minimum atomic E-state index is -0.693. The molecule has 1 N–H and O–H groups in total. The van der Waals surface area contributed by atoms with Crippen molar-refractivity contribution in [2.24, 2.45) is 17.8 Å². The Morgan fingerprint density at radius 3 is 2.50 bits per heavy atom. The minimum absolute atomic E-state index is 0.0556. The molecule has 7 heteroatoms. The molecule has 2 aromatic rings. The van der Waals surface area contributed by atoms with Crippen molar-refractivity contribution in [1.29, 1.82) is 0 Å². The second-order valence-electron chi connectivity index (χ2n) is 11.1. The standard InChI is InChI=1S/C33H31NO6/c1-3-13-34-32(38)23-12-11-21-24(29(23)33(34)39)16-25-26(35)14-18(2)31(37)30(25)28(21)22-10-9-20(15-27(22)36)40-17-19-7-5-4-6-8-19/h4-11,14-15,23-24,28-29,36H,3,12-13,16-17H2,1-2H3/t23-,24+,28+,29-/m0/s1. The van der Waals surface area contributed by atoms with Crippen LogP contribution >= 0.6 is 0 Å². The third kappa shape index (κ3) is 4.12. The van der Waals surface area contributed by atoms with Crippen LogP contribution < -0.4 is 4.74 Å². The Hall–Kier alpha value is -4.26. The van der Waals surface area contributed by atoms with Crippen molar-refractivity contribution in [3.63, 3.8) is 0 Å². The highest BCUT2D eigenvalue weighted by Crippen LogP contribution is 2.56. The summed E-state index contributed by atoms with van der Waals surface area (Å²) < 4.78 is 5.90. The Kier molecular flexibility index (Phi) is 6.53. The number of hydrogen-bond donors (Lipinski definition) is 1. The van der Waals surface area contributed by atoms with Crippen LogP contribution in [0.5, 0.6) is 11.5 Å². The Balaban J connectivity index is 1.41. The van der Waals surface area contributed by atoms with E-state index in [2.05, 4.69) is 0 Å². The van der Waals surface area contributed by atoms with E-state index in [1.165, 1.54) is 17.0 Å². The molecule has 2 aromatic carbocycles. The number of carbonyl (C=O) groups excluding carboxylic acids is 4. The highest BCUT2D eigenvalue weighted by Gasteiger charge is 2.56. The molecule has 1 heterocycles. The van der Waals surface area contributed by atoms with E-state index < -0.39 is 23.7 Å². The number of benzene rings is 2. The van der Waals surface area contributed by atoms with Crippen molar-refractivity contribution in [2.45, 2.75) is 45.6 Å². The van der Waals surface area contributed by atoms with Crippen LogP contribution in [0.4, 0.5) is 0 Å². The second kappa shape index (κ2) is 10.0. The normalized spacial score (nSPS) is 25.8. The number of Topliss-reactive ketones (excluding diaryl/α,β-unsaturated/α-hetero) is 1. The van der Waals surface area contributed by atoms with E-state index in [9.17, 15) is 24.3 Å². The molecule has 0 spiro atoms. The molecule has 0 aromatic heterocycles. The molecule has 0 radical (unpaired) electrons. The monoisotopic (exact) mass is 537 g/mol. The van der Waals surface area contributed by atoms with Gasteiger partial charge in [0.1, 0.15) is 18.1 Å². The quantitative estimate of drug-likeness (QED) is 0.322. The number of rotatable bonds is 6. The predicted molar refractivity (Wildman–Crippen MR) is 147 cm³/mol. The molecule has 2 amide bonds. The number of nitrogens with zero attached hydrogens (tertiary/aromatic N) is 1. The van der Waals surface area contributed by atoms with Crippen molar-refractivity contribution in [1.82, 2.24) is 4.90 Å². The second-order valence-corrected chi connectivity index (χ2v) is 11.1. The zero-order valence-electron chi connectivity index (χ0n) is 22.6. The maximum absolute atomic E-state index is 13.5. The molecule has 4 aliphatic rings. The molecule has 204 valence electrons. The molecule has 40 heavy (non-hydrogen) atoms. The highest BCUT2D eigenvalue weighted by molar-refractivity contribution is 6.24. The summed E-state index contributed by atoms with van der Waals surface area (Å²) in [4.78, 5) is 54.8. The van der Waals surface area contributed by atoms with Gasteiger partial charge in [0.05, 0.1) is 11.8 Å². The van der Waals surface area contributed by atoms with Gasteiger partial charge in [0, 0.05) is 40.8 Å². The fourth-order valence-electron chi connectivity index (χ4n) is 6.82. The van der Waals surface area contributed by atoms with Gasteiger partial charge < -0.3 is 9.84 Å². The first-order chi connectivity index (χ1) is 19.3.